The molecular formula is C18H37N5O2Ru+3. The first kappa shape index (κ1) is 27.4. The van der Waals surface area contributed by atoms with Crippen molar-refractivity contribution < 1.29 is 29.7 Å². The number of aliphatic hydroxyl groups excluding tert-OH is 2. The topological polar surface area (TPSA) is 68.0 Å². The maximum Gasteiger partial charge on any atom is 3.00 e. The van der Waals surface area contributed by atoms with Gasteiger partial charge in [-0.05, 0) is 41.1 Å². The monoisotopic (exact) mass is 457 g/mol. The molecule has 1 unspecified atom stereocenters. The predicted molar refractivity (Wildman–Crippen MR) is 104 cm³/mol. The number of likely N-dealkylation sites (N-methyl/N-ethyl adjacent to an activating group) is 3. The first-order valence-corrected chi connectivity index (χ1v) is 8.73. The van der Waals surface area contributed by atoms with Gasteiger partial charge in [0, 0.05) is 58.7 Å². The number of aromatic nitrogens is 2. The van der Waals surface area contributed by atoms with Crippen LogP contribution in [0.3, 0.4) is 0 Å². The Labute approximate surface area is 172 Å². The van der Waals surface area contributed by atoms with Gasteiger partial charge in [0.05, 0.1) is 18.2 Å². The molecule has 0 aliphatic carbocycles. The van der Waals surface area contributed by atoms with Crippen LogP contribution in [0.25, 0.3) is 0 Å². The van der Waals surface area contributed by atoms with Gasteiger partial charge in [0.1, 0.15) is 0 Å². The first-order chi connectivity index (χ1) is 11.7. The zero-order valence-corrected chi connectivity index (χ0v) is 18.9. The first-order valence-electron chi connectivity index (χ1n) is 8.73. The molecule has 0 amide bonds. The van der Waals surface area contributed by atoms with Gasteiger partial charge in [-0.25, -0.2) is 4.98 Å². The molecule has 1 aromatic rings. The van der Waals surface area contributed by atoms with Crippen molar-refractivity contribution >= 4 is 0 Å². The molecule has 7 nitrogen and oxygen atoms in total. The summed E-state index contributed by atoms with van der Waals surface area (Å²) in [6.07, 6.45) is 6.21. The van der Waals surface area contributed by atoms with Crippen LogP contribution in [0.1, 0.15) is 13.8 Å². The minimum absolute atomic E-state index is 0. The van der Waals surface area contributed by atoms with E-state index >= 15 is 0 Å². The Kier molecular flexibility index (Phi) is 17.3. The van der Waals surface area contributed by atoms with E-state index in [1.165, 1.54) is 52.3 Å². The number of aliphatic hydroxyl groups is 2. The molecule has 1 aliphatic rings. The van der Waals surface area contributed by atoms with E-state index in [1.54, 1.807) is 19.4 Å². The average molecular weight is 457 g/mol. The van der Waals surface area contributed by atoms with Crippen LogP contribution in [0.5, 0.6) is 0 Å². The number of aryl methyl sites for hydroxylation is 1. The molecule has 151 valence electrons. The van der Waals surface area contributed by atoms with E-state index in [1.807, 2.05) is 17.8 Å². The van der Waals surface area contributed by atoms with Gasteiger partial charge in [-0.15, -0.1) is 0 Å². The molecule has 2 heterocycles. The van der Waals surface area contributed by atoms with Gasteiger partial charge in [-0.1, -0.05) is 0 Å². The number of hydrogen-bond donors (Lipinski definition) is 2. The van der Waals surface area contributed by atoms with E-state index < -0.39 is 6.10 Å². The maximum absolute atomic E-state index is 8.49. The molecule has 0 saturated carbocycles. The van der Waals surface area contributed by atoms with Crippen LogP contribution < -0.4 is 0 Å². The third-order valence-corrected chi connectivity index (χ3v) is 3.71. The molecule has 0 aromatic carbocycles. The SMILES string of the molecule is CC(O)=CC(C)O.CN1CCN(C)CCN(C)CC1.Cn1ccnc1.[Ru+3]. The Morgan fingerprint density at radius 1 is 0.962 bits per heavy atom. The molecule has 0 spiro atoms. The van der Waals surface area contributed by atoms with E-state index in [-0.39, 0.29) is 25.2 Å². The summed E-state index contributed by atoms with van der Waals surface area (Å²) in [6.45, 7) is 10.3. The summed E-state index contributed by atoms with van der Waals surface area (Å²) in [5.74, 6) is 0.162. The number of nitrogens with zero attached hydrogens (tertiary/aromatic N) is 5. The molecule has 1 radical (unpaired) electrons. The summed E-state index contributed by atoms with van der Waals surface area (Å²) < 4.78 is 1.89. The molecule has 1 saturated heterocycles. The van der Waals surface area contributed by atoms with Crippen molar-refractivity contribution in [3.63, 3.8) is 0 Å². The van der Waals surface area contributed by atoms with Gasteiger partial charge in [0.15, 0.2) is 0 Å². The van der Waals surface area contributed by atoms with E-state index in [2.05, 4.69) is 40.8 Å². The molecule has 1 atom stereocenters. The minimum Gasteiger partial charge on any atom is -0.513 e. The zero-order chi connectivity index (χ0) is 19.2. The van der Waals surface area contributed by atoms with Gasteiger partial charge in [-0.3, -0.25) is 0 Å². The quantitative estimate of drug-likeness (QED) is 0.486. The summed E-state index contributed by atoms with van der Waals surface area (Å²) in [6, 6.07) is 0. The second-order valence-electron chi connectivity index (χ2n) is 6.69. The number of allylic oxidation sites excluding steroid dienone is 1. The third kappa shape index (κ3) is 18.0. The standard InChI is InChI=1S/C9H21N3.C5H10O2.C4H6N2.Ru/c1-10-4-6-11(2)8-9-12(3)7-5-10;1-4(6)3-5(2)7;1-6-3-2-5-4-6;/h4-9H2,1-3H3;3-4,6-7H,1-2H3;2-4H,1H3;/q;;;+3. The molecule has 2 N–H and O–H groups in total. The van der Waals surface area contributed by atoms with Gasteiger partial charge >= 0.3 is 19.5 Å². The van der Waals surface area contributed by atoms with E-state index in [0.29, 0.717) is 0 Å². The molecule has 1 fully saturated rings. The van der Waals surface area contributed by atoms with Crippen LogP contribution in [0, 0.1) is 0 Å². The second-order valence-corrected chi connectivity index (χ2v) is 6.69. The van der Waals surface area contributed by atoms with Crippen molar-refractivity contribution in [3.05, 3.63) is 30.6 Å². The van der Waals surface area contributed by atoms with Crippen LogP contribution in [0.15, 0.2) is 30.6 Å². The number of rotatable bonds is 1. The number of imidazole rings is 1. The van der Waals surface area contributed by atoms with Crippen LogP contribution in [-0.2, 0) is 26.5 Å². The van der Waals surface area contributed by atoms with Crippen molar-refractivity contribution in [2.24, 2.45) is 7.05 Å². The second kappa shape index (κ2) is 16.4. The Balaban J connectivity index is 0. The Hall–Kier alpha value is -0.787. The molecule has 1 aliphatic heterocycles. The fourth-order valence-corrected chi connectivity index (χ4v) is 2.03. The molecular weight excluding hydrogens is 419 g/mol. The maximum atomic E-state index is 8.49. The summed E-state index contributed by atoms with van der Waals surface area (Å²) >= 11 is 0. The van der Waals surface area contributed by atoms with E-state index in [9.17, 15) is 0 Å². The largest absolute Gasteiger partial charge is 3.00 e. The molecule has 26 heavy (non-hydrogen) atoms. The van der Waals surface area contributed by atoms with Crippen LogP contribution in [-0.4, -0.2) is 101 Å². The van der Waals surface area contributed by atoms with Crippen LogP contribution in [0.2, 0.25) is 0 Å². The molecule has 8 heteroatoms. The average Bonchev–Trinajstić information content (AvgIpc) is 3.00. The summed E-state index contributed by atoms with van der Waals surface area (Å²) in [4.78, 5) is 11.0. The molecule has 2 rings (SSSR count). The van der Waals surface area contributed by atoms with Crippen molar-refractivity contribution in [1.82, 2.24) is 24.3 Å². The smallest absolute Gasteiger partial charge is 0.513 e. The van der Waals surface area contributed by atoms with Gasteiger partial charge in [0.2, 0.25) is 0 Å². The normalized spacial score (nSPS) is 18.7. The van der Waals surface area contributed by atoms with Crippen molar-refractivity contribution in [2.45, 2.75) is 20.0 Å². The van der Waals surface area contributed by atoms with Gasteiger partial charge in [-0.2, -0.15) is 0 Å². The molecule has 1 aromatic heterocycles. The fourth-order valence-electron chi connectivity index (χ4n) is 2.03. The van der Waals surface area contributed by atoms with Crippen molar-refractivity contribution in [2.75, 3.05) is 60.4 Å². The van der Waals surface area contributed by atoms with E-state index in [4.69, 9.17) is 10.2 Å². The fraction of sp³-hybridized carbons (Fsp3) is 0.722. The third-order valence-electron chi connectivity index (χ3n) is 3.71. The number of hydrogen-bond acceptors (Lipinski definition) is 6. The van der Waals surface area contributed by atoms with Crippen molar-refractivity contribution in [1.29, 1.82) is 0 Å². The Morgan fingerprint density at radius 2 is 1.35 bits per heavy atom. The zero-order valence-electron chi connectivity index (χ0n) is 17.1. The summed E-state index contributed by atoms with van der Waals surface area (Å²) in [5, 5.41) is 16.9. The molecule has 0 bridgehead atoms. The van der Waals surface area contributed by atoms with Crippen molar-refractivity contribution in [3.8, 4) is 0 Å². The van der Waals surface area contributed by atoms with E-state index in [0.717, 1.165) is 0 Å². The Morgan fingerprint density at radius 3 is 1.46 bits per heavy atom. The van der Waals surface area contributed by atoms with Gasteiger partial charge < -0.3 is 29.5 Å². The predicted octanol–water partition coefficient (Wildman–Crippen LogP) is 1.04. The minimum atomic E-state index is -0.537. The van der Waals surface area contributed by atoms with Gasteiger partial charge in [0.25, 0.3) is 0 Å². The van der Waals surface area contributed by atoms with Crippen LogP contribution >= 0.6 is 0 Å². The Bertz CT molecular complexity index is 415. The summed E-state index contributed by atoms with van der Waals surface area (Å²) in [7, 11) is 8.54. The summed E-state index contributed by atoms with van der Waals surface area (Å²) in [5.41, 5.74) is 0. The van der Waals surface area contributed by atoms with Crippen LogP contribution in [0.4, 0.5) is 0 Å².